The number of ether oxygens (including phenoxy) is 1. The molecule has 0 bridgehead atoms. The van der Waals surface area contributed by atoms with Gasteiger partial charge in [-0.1, -0.05) is 13.8 Å². The van der Waals surface area contributed by atoms with Crippen LogP contribution in [0, 0.1) is 5.92 Å². The van der Waals surface area contributed by atoms with Gasteiger partial charge in [0.2, 0.25) is 0 Å². The van der Waals surface area contributed by atoms with Crippen molar-refractivity contribution in [2.45, 2.75) is 26.3 Å². The minimum absolute atomic E-state index is 0.315. The van der Waals surface area contributed by atoms with Crippen molar-refractivity contribution >= 4 is 17.6 Å². The van der Waals surface area contributed by atoms with E-state index in [1.807, 2.05) is 13.8 Å². The standard InChI is InChI=1S/C11H19N5O2/c1-7(2)4-8(11(17)18-3)15-9-5-10(16-12)14-6-13-9/h5-8H,4,12H2,1-3H3,(H2,13,14,15,16). The summed E-state index contributed by atoms with van der Waals surface area (Å²) in [5, 5.41) is 3.01. The summed E-state index contributed by atoms with van der Waals surface area (Å²) >= 11 is 0. The predicted molar refractivity (Wildman–Crippen MR) is 68.7 cm³/mol. The van der Waals surface area contributed by atoms with Gasteiger partial charge < -0.3 is 15.5 Å². The molecular weight excluding hydrogens is 234 g/mol. The van der Waals surface area contributed by atoms with E-state index in [0.717, 1.165) is 0 Å². The number of carbonyl (C=O) groups excluding carboxylic acids is 1. The Kier molecular flexibility index (Phi) is 5.31. The second-order valence-electron chi connectivity index (χ2n) is 4.28. The molecule has 0 saturated heterocycles. The zero-order chi connectivity index (χ0) is 13.5. The molecule has 1 unspecified atom stereocenters. The molecule has 0 amide bonds. The molecule has 0 aliphatic heterocycles. The molecule has 100 valence electrons. The Labute approximate surface area is 106 Å². The molecule has 7 heteroatoms. The number of hydrazine groups is 1. The van der Waals surface area contributed by atoms with Crippen molar-refractivity contribution in [2.75, 3.05) is 17.9 Å². The fraction of sp³-hybridized carbons (Fsp3) is 0.545. The number of nitrogens with zero attached hydrogens (tertiary/aromatic N) is 2. The summed E-state index contributed by atoms with van der Waals surface area (Å²) in [6.07, 6.45) is 2.02. The first-order valence-corrected chi connectivity index (χ1v) is 5.69. The second kappa shape index (κ2) is 6.75. The molecular formula is C11H19N5O2. The molecule has 0 aliphatic rings. The molecule has 4 N–H and O–H groups in total. The number of esters is 1. The first kappa shape index (κ1) is 14.2. The van der Waals surface area contributed by atoms with Crippen molar-refractivity contribution in [1.82, 2.24) is 9.97 Å². The van der Waals surface area contributed by atoms with Crippen molar-refractivity contribution in [3.8, 4) is 0 Å². The van der Waals surface area contributed by atoms with Crippen LogP contribution >= 0.6 is 0 Å². The van der Waals surface area contributed by atoms with E-state index in [9.17, 15) is 4.79 Å². The van der Waals surface area contributed by atoms with E-state index in [0.29, 0.717) is 24.0 Å². The lowest BCUT2D eigenvalue weighted by Crippen LogP contribution is -2.32. The molecule has 0 spiro atoms. The van der Waals surface area contributed by atoms with Crippen LogP contribution in [0.15, 0.2) is 12.4 Å². The Morgan fingerprint density at radius 2 is 2.11 bits per heavy atom. The molecule has 0 saturated carbocycles. The third kappa shape index (κ3) is 4.17. The average molecular weight is 253 g/mol. The number of anilines is 2. The summed E-state index contributed by atoms with van der Waals surface area (Å²) in [6.45, 7) is 4.06. The van der Waals surface area contributed by atoms with Gasteiger partial charge in [-0.15, -0.1) is 0 Å². The lowest BCUT2D eigenvalue weighted by Gasteiger charge is -2.18. The molecule has 1 rings (SSSR count). The highest BCUT2D eigenvalue weighted by molar-refractivity contribution is 5.78. The van der Waals surface area contributed by atoms with Gasteiger partial charge in [-0.25, -0.2) is 20.6 Å². The van der Waals surface area contributed by atoms with Gasteiger partial charge >= 0.3 is 5.97 Å². The Bertz CT molecular complexity index is 397. The molecule has 1 heterocycles. The van der Waals surface area contributed by atoms with Crippen LogP contribution in [0.2, 0.25) is 0 Å². The molecule has 0 aliphatic carbocycles. The van der Waals surface area contributed by atoms with E-state index in [4.69, 9.17) is 10.6 Å². The van der Waals surface area contributed by atoms with E-state index < -0.39 is 6.04 Å². The fourth-order valence-electron chi connectivity index (χ4n) is 1.52. The van der Waals surface area contributed by atoms with Gasteiger partial charge in [0, 0.05) is 6.07 Å². The molecule has 1 aromatic rings. The Balaban J connectivity index is 2.78. The zero-order valence-corrected chi connectivity index (χ0v) is 10.8. The number of hydrogen-bond acceptors (Lipinski definition) is 7. The molecule has 0 fully saturated rings. The van der Waals surface area contributed by atoms with Crippen LogP contribution in [0.4, 0.5) is 11.6 Å². The normalized spacial score (nSPS) is 12.1. The molecule has 0 aromatic carbocycles. The second-order valence-corrected chi connectivity index (χ2v) is 4.28. The minimum Gasteiger partial charge on any atom is -0.467 e. The zero-order valence-electron chi connectivity index (χ0n) is 10.8. The van der Waals surface area contributed by atoms with E-state index in [-0.39, 0.29) is 5.97 Å². The van der Waals surface area contributed by atoms with Crippen molar-refractivity contribution < 1.29 is 9.53 Å². The van der Waals surface area contributed by atoms with E-state index in [1.165, 1.54) is 13.4 Å². The van der Waals surface area contributed by atoms with Crippen LogP contribution in [0.5, 0.6) is 0 Å². The quantitative estimate of drug-likeness (QED) is 0.391. The summed E-state index contributed by atoms with van der Waals surface area (Å²) in [5.74, 6) is 6.29. The lowest BCUT2D eigenvalue weighted by molar-refractivity contribution is -0.141. The predicted octanol–water partition coefficient (Wildman–Crippen LogP) is 0.762. The Morgan fingerprint density at radius 1 is 1.44 bits per heavy atom. The van der Waals surface area contributed by atoms with Gasteiger partial charge in [0.05, 0.1) is 7.11 Å². The van der Waals surface area contributed by atoms with E-state index in [2.05, 4.69) is 20.7 Å². The Hall–Kier alpha value is -1.89. The third-order valence-corrected chi connectivity index (χ3v) is 2.33. The van der Waals surface area contributed by atoms with Gasteiger partial charge in [-0.05, 0) is 12.3 Å². The number of nitrogens with two attached hydrogens (primary N) is 1. The summed E-state index contributed by atoms with van der Waals surface area (Å²) in [7, 11) is 1.37. The van der Waals surface area contributed by atoms with Crippen LogP contribution in [-0.4, -0.2) is 29.1 Å². The number of rotatable bonds is 6. The number of nitrogens with one attached hydrogen (secondary N) is 2. The highest BCUT2D eigenvalue weighted by Crippen LogP contribution is 2.13. The first-order valence-electron chi connectivity index (χ1n) is 5.69. The van der Waals surface area contributed by atoms with Crippen LogP contribution < -0.4 is 16.6 Å². The Morgan fingerprint density at radius 3 is 2.67 bits per heavy atom. The van der Waals surface area contributed by atoms with Crippen LogP contribution in [0.1, 0.15) is 20.3 Å². The van der Waals surface area contributed by atoms with Gasteiger partial charge in [0.1, 0.15) is 24.0 Å². The highest BCUT2D eigenvalue weighted by Gasteiger charge is 2.20. The number of carbonyl (C=O) groups is 1. The van der Waals surface area contributed by atoms with Crippen molar-refractivity contribution in [3.05, 3.63) is 12.4 Å². The molecule has 7 nitrogen and oxygen atoms in total. The highest BCUT2D eigenvalue weighted by atomic mass is 16.5. The van der Waals surface area contributed by atoms with Crippen LogP contribution in [0.25, 0.3) is 0 Å². The van der Waals surface area contributed by atoms with E-state index in [1.54, 1.807) is 6.07 Å². The maximum atomic E-state index is 11.6. The van der Waals surface area contributed by atoms with Crippen LogP contribution in [-0.2, 0) is 9.53 Å². The summed E-state index contributed by atoms with van der Waals surface area (Å²) in [6, 6.07) is 1.19. The maximum Gasteiger partial charge on any atom is 0.328 e. The van der Waals surface area contributed by atoms with E-state index >= 15 is 0 Å². The number of hydrogen-bond donors (Lipinski definition) is 3. The van der Waals surface area contributed by atoms with Gasteiger partial charge in [-0.2, -0.15) is 0 Å². The number of methoxy groups -OCH3 is 1. The molecule has 1 aromatic heterocycles. The minimum atomic E-state index is -0.435. The topological polar surface area (TPSA) is 102 Å². The smallest absolute Gasteiger partial charge is 0.328 e. The number of nitrogen functional groups attached to an aromatic ring is 1. The monoisotopic (exact) mass is 253 g/mol. The maximum absolute atomic E-state index is 11.6. The molecule has 18 heavy (non-hydrogen) atoms. The SMILES string of the molecule is COC(=O)C(CC(C)C)Nc1cc(NN)ncn1. The average Bonchev–Trinajstić information content (AvgIpc) is 2.36. The van der Waals surface area contributed by atoms with Crippen molar-refractivity contribution in [1.29, 1.82) is 0 Å². The largest absolute Gasteiger partial charge is 0.467 e. The van der Waals surface area contributed by atoms with Crippen molar-refractivity contribution in [3.63, 3.8) is 0 Å². The third-order valence-electron chi connectivity index (χ3n) is 2.33. The summed E-state index contributed by atoms with van der Waals surface area (Å²) < 4.78 is 4.76. The first-order chi connectivity index (χ1) is 8.56. The van der Waals surface area contributed by atoms with Gasteiger partial charge in [-0.3, -0.25) is 0 Å². The molecule has 0 radical (unpaired) electrons. The lowest BCUT2D eigenvalue weighted by atomic mass is 10.0. The number of aromatic nitrogens is 2. The van der Waals surface area contributed by atoms with Crippen molar-refractivity contribution in [2.24, 2.45) is 11.8 Å². The molecule has 1 atom stereocenters. The summed E-state index contributed by atoms with van der Waals surface area (Å²) in [5.41, 5.74) is 2.42. The van der Waals surface area contributed by atoms with Gasteiger partial charge in [0.25, 0.3) is 0 Å². The van der Waals surface area contributed by atoms with Crippen LogP contribution in [0.3, 0.4) is 0 Å². The summed E-state index contributed by atoms with van der Waals surface area (Å²) in [4.78, 5) is 19.6. The fourth-order valence-corrected chi connectivity index (χ4v) is 1.52. The van der Waals surface area contributed by atoms with Gasteiger partial charge in [0.15, 0.2) is 0 Å².